The molecular formula is C87H100F8N10O15. The number of rotatable bonds is 32. The number of para-hydroxylation sites is 4. The van der Waals surface area contributed by atoms with Gasteiger partial charge in [-0.3, -0.25) is 28.4 Å². The molecule has 33 heteroatoms. The molecule has 3 fully saturated rings. The van der Waals surface area contributed by atoms with Crippen molar-refractivity contribution in [3.05, 3.63) is 241 Å². The molecule has 3 aromatic heterocycles. The minimum Gasteiger partial charge on any atom is -0.497 e. The predicted molar refractivity (Wildman–Crippen MR) is 431 cm³/mol. The zero-order valence-electron chi connectivity index (χ0n) is 68.9. The van der Waals surface area contributed by atoms with E-state index >= 15 is 0 Å². The lowest BCUT2D eigenvalue weighted by molar-refractivity contribution is -0.0517. The maximum Gasteiger partial charge on any atom is 0.387 e. The lowest BCUT2D eigenvalue weighted by atomic mass is 10.1. The van der Waals surface area contributed by atoms with Crippen molar-refractivity contribution in [1.29, 1.82) is 0 Å². The van der Waals surface area contributed by atoms with E-state index in [1.807, 2.05) is 48.5 Å². The summed E-state index contributed by atoms with van der Waals surface area (Å²) in [5, 5.41) is 27.7. The topological polar surface area (TPSA) is 288 Å². The van der Waals surface area contributed by atoms with Gasteiger partial charge in [-0.1, -0.05) is 78.9 Å². The molecule has 0 aliphatic heterocycles. The number of methoxy groups -OCH3 is 6. The monoisotopic (exact) mass is 1680 g/mol. The van der Waals surface area contributed by atoms with Gasteiger partial charge in [0.15, 0.2) is 6.29 Å². The van der Waals surface area contributed by atoms with Gasteiger partial charge >= 0.3 is 32.4 Å². The summed E-state index contributed by atoms with van der Waals surface area (Å²) in [5.41, 5.74) is 16.3. The van der Waals surface area contributed by atoms with Crippen molar-refractivity contribution in [2.75, 3.05) is 42.7 Å². The van der Waals surface area contributed by atoms with Crippen LogP contribution in [0, 0.1) is 27.7 Å². The number of carboxylic acids is 1. The molecule has 3 aliphatic rings. The number of halogens is 8. The number of carboxylic acid groups (broad SMARTS) is 1. The Balaban J connectivity index is 0.000000188. The number of benzene rings is 7. The molecule has 0 atom stereocenters. The molecular weight excluding hydrogens is 1580 g/mol. The van der Waals surface area contributed by atoms with Gasteiger partial charge in [0.05, 0.1) is 78.4 Å². The number of nitrogens with one attached hydrogen (secondary N) is 2. The van der Waals surface area contributed by atoms with Crippen LogP contribution < -0.4 is 63.7 Å². The van der Waals surface area contributed by atoms with Gasteiger partial charge in [-0.15, -0.1) is 0 Å². The Bertz CT molecular complexity index is 5050. The number of amides is 2. The Hall–Kier alpha value is -12.4. The number of carbonyl (C=O) groups excluding carboxylic acids is 3. The molecule has 0 radical (unpaired) electrons. The van der Waals surface area contributed by atoms with Crippen LogP contribution in [0.15, 0.2) is 146 Å². The third kappa shape index (κ3) is 27.1. The van der Waals surface area contributed by atoms with Crippen molar-refractivity contribution in [2.45, 2.75) is 150 Å². The molecule has 0 spiro atoms. The van der Waals surface area contributed by atoms with Crippen molar-refractivity contribution < 1.29 is 107 Å². The van der Waals surface area contributed by atoms with Gasteiger partial charge in [0, 0.05) is 117 Å². The highest BCUT2D eigenvalue weighted by Gasteiger charge is 2.32. The molecule has 3 heterocycles. The van der Waals surface area contributed by atoms with E-state index in [4.69, 9.17) is 44.0 Å². The van der Waals surface area contributed by atoms with Crippen LogP contribution >= 0.6 is 0 Å². The van der Waals surface area contributed by atoms with Crippen molar-refractivity contribution in [1.82, 2.24) is 44.9 Å². The summed E-state index contributed by atoms with van der Waals surface area (Å²) in [6.07, 6.45) is 7.13. The second-order valence-electron chi connectivity index (χ2n) is 27.9. The number of aldehydes is 1. The van der Waals surface area contributed by atoms with Crippen molar-refractivity contribution in [3.63, 3.8) is 0 Å². The average Bonchev–Trinajstić information content (AvgIpc) is 1.60. The van der Waals surface area contributed by atoms with Crippen LogP contribution in [-0.2, 0) is 60.4 Å². The largest absolute Gasteiger partial charge is 0.497 e. The van der Waals surface area contributed by atoms with Gasteiger partial charge in [0.1, 0.15) is 74.6 Å². The third-order valence-electron chi connectivity index (χ3n) is 19.2. The first-order valence-corrected chi connectivity index (χ1v) is 38.0. The number of hydrogen-bond donors (Lipinski definition) is 4. The summed E-state index contributed by atoms with van der Waals surface area (Å²) < 4.78 is 155. The molecule has 0 bridgehead atoms. The van der Waals surface area contributed by atoms with Crippen LogP contribution in [0.2, 0.25) is 0 Å². The minimum absolute atomic E-state index is 0.0486. The van der Waals surface area contributed by atoms with Gasteiger partial charge in [-0.2, -0.15) is 50.4 Å². The fraction of sp³-hybridized carbons (Fsp3) is 0.368. The molecule has 0 saturated heterocycles. The van der Waals surface area contributed by atoms with E-state index in [-0.39, 0.29) is 65.7 Å². The quantitative estimate of drug-likeness (QED) is 0.0225. The molecule has 5 N–H and O–H groups in total. The SMILES string of the molecule is COc1ccc(CN(Cc2cccc(C)c2OC(F)F)C(=O)c2cc(C3CC3)nn2C)c(OC)c1.COc1ccc(CN)c(OC)c1.COc1ccc(CNCc2cccc(C)c2OC(F)F)c(OC)c1.Cc1cccc(C=O)c1OC(F)F.Cc1cccc(CNC(=O)c2cc(C3CC3)nn2C)c1OC(F)F.Cn1nc(C2CC2)cc1C(=O)O. The second kappa shape index (κ2) is 45.0. The summed E-state index contributed by atoms with van der Waals surface area (Å²) in [7, 11) is 14.7. The van der Waals surface area contributed by atoms with Crippen molar-refractivity contribution >= 4 is 24.1 Å². The highest BCUT2D eigenvalue weighted by Crippen LogP contribution is 2.42. The maximum absolute atomic E-state index is 13.8. The normalized spacial score (nSPS) is 12.5. The van der Waals surface area contributed by atoms with Crippen LogP contribution in [0.3, 0.4) is 0 Å². The number of aryl methyl sites for hydroxylation is 7. The number of nitrogens with two attached hydrogens (primary N) is 1. The van der Waals surface area contributed by atoms with Crippen molar-refractivity contribution in [2.24, 2.45) is 26.9 Å². The fourth-order valence-corrected chi connectivity index (χ4v) is 12.5. The molecule has 25 nitrogen and oxygen atoms in total. The number of alkyl halides is 8. The molecule has 13 rings (SSSR count). The fourth-order valence-electron chi connectivity index (χ4n) is 12.5. The predicted octanol–water partition coefficient (Wildman–Crippen LogP) is 16.7. The van der Waals surface area contributed by atoms with Crippen LogP contribution in [0.25, 0.3) is 0 Å². The first-order chi connectivity index (χ1) is 57.4. The van der Waals surface area contributed by atoms with E-state index in [1.54, 1.807) is 197 Å². The van der Waals surface area contributed by atoms with Crippen LogP contribution in [0.4, 0.5) is 35.1 Å². The van der Waals surface area contributed by atoms with E-state index in [0.29, 0.717) is 117 Å². The molecule has 644 valence electrons. The van der Waals surface area contributed by atoms with E-state index < -0.39 is 32.4 Å². The van der Waals surface area contributed by atoms with E-state index in [2.05, 4.69) is 40.1 Å². The standard InChI is InChI=1S/C26H29F2N3O4.C18H21F2NO3.C17H19F2N3O2.C9H8F2O2.C9H13NO2.C8H10N2O2/c1-16-6-5-7-19(24(16)35-26(27)28)15-31(14-18-10-11-20(33-3)12-23(18)34-4)25(32)22-13-21(17-8-9-17)29-30(22)2;1-12-5-4-6-14(17(12)24-18(19)20)11-21-10-13-7-8-15(22-2)9-16(13)23-3;1-10-4-3-5-12(15(10)24-17(18)19)9-20-16(23)14-8-13(11-6-7-11)21-22(14)2;1-6-3-2-4-7(5-12)8(6)13-9(10)11;1-11-8-4-3-7(6-10)9(5-8)12-2;1-10-7(8(11)12)4-6(9-10)5-2-3-5/h5-7,10-13,17,26H,8-9,14-15H2,1-4H3;4-9,18,21H,10-11H2,1-3H3;3-5,8,11,17H,6-7,9H2,1-2H3,(H,20,23);2-5,9H,1H3;3-5H,6,10H2,1-2H3;4-5H,2-3H2,1H3,(H,11,12). The summed E-state index contributed by atoms with van der Waals surface area (Å²) in [6.45, 7) is -3.15. The highest BCUT2D eigenvalue weighted by atomic mass is 19.3. The number of hydrogen-bond acceptors (Lipinski definition) is 19. The van der Waals surface area contributed by atoms with E-state index in [0.717, 1.165) is 83.8 Å². The van der Waals surface area contributed by atoms with Gasteiger partial charge in [0.2, 0.25) is 0 Å². The lowest BCUT2D eigenvalue weighted by Crippen LogP contribution is -2.32. The van der Waals surface area contributed by atoms with Gasteiger partial charge in [0.25, 0.3) is 11.8 Å². The number of nitrogens with zero attached hydrogens (tertiary/aromatic N) is 7. The molecule has 10 aromatic rings. The zero-order valence-corrected chi connectivity index (χ0v) is 68.9. The summed E-state index contributed by atoms with van der Waals surface area (Å²) in [6, 6.07) is 42.0. The third-order valence-corrected chi connectivity index (χ3v) is 19.2. The Morgan fingerprint density at radius 2 is 0.800 bits per heavy atom. The van der Waals surface area contributed by atoms with E-state index in [9.17, 15) is 54.3 Å². The zero-order chi connectivity index (χ0) is 87.4. The van der Waals surface area contributed by atoms with Gasteiger partial charge in [-0.25, -0.2) is 4.79 Å². The summed E-state index contributed by atoms with van der Waals surface area (Å²) >= 11 is 0. The maximum atomic E-state index is 13.8. The highest BCUT2D eigenvalue weighted by molar-refractivity contribution is 5.93. The minimum atomic E-state index is -2.97. The lowest BCUT2D eigenvalue weighted by Gasteiger charge is -2.25. The number of ether oxygens (including phenoxy) is 10. The average molecular weight is 1680 g/mol. The van der Waals surface area contributed by atoms with Gasteiger partial charge in [-0.05, 0) is 137 Å². The van der Waals surface area contributed by atoms with Crippen LogP contribution in [-0.4, -0.2) is 133 Å². The smallest absolute Gasteiger partial charge is 0.387 e. The number of aromatic nitrogens is 6. The Kier molecular flexibility index (Phi) is 34.9. The summed E-state index contributed by atoms with van der Waals surface area (Å²) in [4.78, 5) is 48.8. The second-order valence-corrected chi connectivity index (χ2v) is 27.9. The molecule has 3 saturated carbocycles. The molecule has 120 heavy (non-hydrogen) atoms. The number of carbonyl (C=O) groups is 4. The molecule has 3 aliphatic carbocycles. The summed E-state index contributed by atoms with van der Waals surface area (Å²) in [5.74, 6) is 4.40. The Morgan fingerprint density at radius 1 is 0.450 bits per heavy atom. The molecule has 7 aromatic carbocycles. The Labute approximate surface area is 690 Å². The van der Waals surface area contributed by atoms with Crippen LogP contribution in [0.1, 0.15) is 171 Å². The first kappa shape index (κ1) is 93.1. The number of aromatic carboxylic acids is 1. The van der Waals surface area contributed by atoms with Crippen LogP contribution in [0.5, 0.6) is 57.5 Å². The molecule has 2 amide bonds. The first-order valence-electron chi connectivity index (χ1n) is 38.0. The Morgan fingerprint density at radius 3 is 1.22 bits per heavy atom. The molecule has 0 unspecified atom stereocenters. The van der Waals surface area contributed by atoms with E-state index in [1.165, 1.54) is 10.7 Å². The van der Waals surface area contributed by atoms with Gasteiger partial charge < -0.3 is 73.7 Å². The van der Waals surface area contributed by atoms with Crippen molar-refractivity contribution in [3.8, 4) is 57.5 Å².